The van der Waals surface area contributed by atoms with Gasteiger partial charge < -0.3 is 0 Å². The minimum atomic E-state index is -0.254. The molecule has 0 unspecified atom stereocenters. The van der Waals surface area contributed by atoms with Crippen molar-refractivity contribution in [1.82, 2.24) is 10.2 Å². The van der Waals surface area contributed by atoms with Gasteiger partial charge in [0.05, 0.1) is 5.69 Å². The smallest absolute Gasteiger partial charge is 0.133 e. The molecule has 0 spiro atoms. The Bertz CT molecular complexity index is 546. The van der Waals surface area contributed by atoms with E-state index in [-0.39, 0.29) is 5.82 Å². The van der Waals surface area contributed by atoms with Gasteiger partial charge in [0.1, 0.15) is 10.5 Å². The summed E-state index contributed by atoms with van der Waals surface area (Å²) in [6.07, 6.45) is 0. The predicted molar refractivity (Wildman–Crippen MR) is 64.3 cm³/mol. The minimum Gasteiger partial charge on any atom is -0.267 e. The Morgan fingerprint density at radius 3 is 2.56 bits per heavy atom. The second-order valence-electron chi connectivity index (χ2n) is 3.75. The Hall–Kier alpha value is -1.55. The van der Waals surface area contributed by atoms with Gasteiger partial charge in [0, 0.05) is 5.56 Å². The van der Waals surface area contributed by atoms with Crippen LogP contribution in [0.4, 0.5) is 4.39 Å². The van der Waals surface area contributed by atoms with Crippen LogP contribution in [0.25, 0.3) is 11.3 Å². The van der Waals surface area contributed by atoms with E-state index in [0.29, 0.717) is 15.9 Å². The van der Waals surface area contributed by atoms with Crippen LogP contribution < -0.4 is 0 Å². The number of aromatic nitrogens is 2. The third-order valence-corrected chi connectivity index (χ3v) is 2.59. The topological polar surface area (TPSA) is 28.7 Å². The van der Waals surface area contributed by atoms with E-state index in [4.69, 9.17) is 12.2 Å². The zero-order chi connectivity index (χ0) is 11.7. The monoisotopic (exact) mass is 234 g/mol. The second-order valence-corrected chi connectivity index (χ2v) is 4.18. The molecule has 0 bridgehead atoms. The summed E-state index contributed by atoms with van der Waals surface area (Å²) < 4.78 is 14.4. The van der Waals surface area contributed by atoms with Gasteiger partial charge in [0.15, 0.2) is 0 Å². The highest BCUT2D eigenvalue weighted by Crippen LogP contribution is 2.25. The van der Waals surface area contributed by atoms with Crippen molar-refractivity contribution in [2.75, 3.05) is 0 Å². The molecular formula is C12H11FN2S. The number of H-pyrrole nitrogens is 1. The van der Waals surface area contributed by atoms with E-state index in [9.17, 15) is 4.39 Å². The largest absolute Gasteiger partial charge is 0.267 e. The highest BCUT2D eigenvalue weighted by Gasteiger charge is 2.10. The lowest BCUT2D eigenvalue weighted by Crippen LogP contribution is -1.94. The zero-order valence-electron chi connectivity index (χ0n) is 9.04. The number of nitrogens with zero attached hydrogens (tertiary/aromatic N) is 1. The maximum Gasteiger partial charge on any atom is 0.133 e. The molecule has 1 heterocycles. The lowest BCUT2D eigenvalue weighted by Gasteiger charge is -2.07. The maximum absolute atomic E-state index is 13.8. The van der Waals surface area contributed by atoms with Gasteiger partial charge in [0.25, 0.3) is 0 Å². The molecule has 2 nitrogen and oxygen atoms in total. The van der Waals surface area contributed by atoms with Crippen LogP contribution in [-0.4, -0.2) is 10.2 Å². The average Bonchev–Trinajstić information content (AvgIpc) is 2.19. The highest BCUT2D eigenvalue weighted by molar-refractivity contribution is 7.71. The van der Waals surface area contributed by atoms with E-state index in [0.717, 1.165) is 11.1 Å². The summed E-state index contributed by atoms with van der Waals surface area (Å²) in [5, 5.41) is 6.70. The van der Waals surface area contributed by atoms with Crippen molar-refractivity contribution < 1.29 is 4.39 Å². The molecule has 0 aliphatic heterocycles. The third kappa shape index (κ3) is 2.02. The fourth-order valence-electron chi connectivity index (χ4n) is 1.72. The molecule has 1 N–H and O–H groups in total. The Balaban J connectivity index is 2.64. The molecule has 0 atom stereocenters. The van der Waals surface area contributed by atoms with Crippen molar-refractivity contribution >= 4 is 12.2 Å². The molecule has 82 valence electrons. The first-order valence-electron chi connectivity index (χ1n) is 4.91. The van der Waals surface area contributed by atoms with E-state index < -0.39 is 0 Å². The number of hydrogen-bond donors (Lipinski definition) is 1. The van der Waals surface area contributed by atoms with Gasteiger partial charge in [-0.1, -0.05) is 18.3 Å². The van der Waals surface area contributed by atoms with Crippen LogP contribution in [0.15, 0.2) is 24.3 Å². The maximum atomic E-state index is 13.8. The number of aryl methyl sites for hydroxylation is 2. The molecule has 0 amide bonds. The first-order valence-corrected chi connectivity index (χ1v) is 5.31. The SMILES string of the molecule is Cc1cc(C)c(-c2ccc(=S)[nH]n2)c(F)c1. The Morgan fingerprint density at radius 1 is 1.25 bits per heavy atom. The van der Waals surface area contributed by atoms with Crippen molar-refractivity contribution in [1.29, 1.82) is 0 Å². The van der Waals surface area contributed by atoms with Crippen LogP contribution in [0.1, 0.15) is 11.1 Å². The summed E-state index contributed by atoms with van der Waals surface area (Å²) in [7, 11) is 0. The number of nitrogens with one attached hydrogen (secondary N) is 1. The molecule has 0 fully saturated rings. The van der Waals surface area contributed by atoms with Crippen molar-refractivity contribution in [3.05, 3.63) is 45.9 Å². The van der Waals surface area contributed by atoms with Crippen LogP contribution in [0.2, 0.25) is 0 Å². The predicted octanol–water partition coefficient (Wildman–Crippen LogP) is 3.56. The van der Waals surface area contributed by atoms with Crippen LogP contribution >= 0.6 is 12.2 Å². The normalized spacial score (nSPS) is 10.4. The van der Waals surface area contributed by atoms with Crippen LogP contribution in [0.5, 0.6) is 0 Å². The standard InChI is InChI=1S/C12H11FN2S/c1-7-5-8(2)12(9(13)6-7)10-3-4-11(16)15-14-10/h3-6H,1-2H3,(H,15,16). The molecule has 16 heavy (non-hydrogen) atoms. The molecule has 4 heteroatoms. The molecule has 0 radical (unpaired) electrons. The van der Waals surface area contributed by atoms with Gasteiger partial charge in [-0.05, 0) is 43.2 Å². The summed E-state index contributed by atoms with van der Waals surface area (Å²) in [5.41, 5.74) is 2.87. The van der Waals surface area contributed by atoms with E-state index in [2.05, 4.69) is 10.2 Å². The van der Waals surface area contributed by atoms with E-state index in [1.54, 1.807) is 12.1 Å². The van der Waals surface area contributed by atoms with Crippen LogP contribution in [-0.2, 0) is 0 Å². The van der Waals surface area contributed by atoms with Crippen molar-refractivity contribution in [2.24, 2.45) is 0 Å². The fraction of sp³-hybridized carbons (Fsp3) is 0.167. The molecule has 0 aliphatic rings. The molecule has 1 aromatic heterocycles. The van der Waals surface area contributed by atoms with Crippen molar-refractivity contribution in [3.8, 4) is 11.3 Å². The fourth-order valence-corrected chi connectivity index (χ4v) is 1.84. The third-order valence-electron chi connectivity index (χ3n) is 2.37. The molecule has 1 aromatic carbocycles. The number of aromatic amines is 1. The zero-order valence-corrected chi connectivity index (χ0v) is 9.86. The van der Waals surface area contributed by atoms with Crippen molar-refractivity contribution in [3.63, 3.8) is 0 Å². The number of hydrogen-bond acceptors (Lipinski definition) is 2. The summed E-state index contributed by atoms with van der Waals surface area (Å²) in [5.74, 6) is -0.254. The molecule has 0 saturated carbocycles. The van der Waals surface area contributed by atoms with Crippen molar-refractivity contribution in [2.45, 2.75) is 13.8 Å². The van der Waals surface area contributed by atoms with E-state index >= 15 is 0 Å². The molecular weight excluding hydrogens is 223 g/mol. The summed E-state index contributed by atoms with van der Waals surface area (Å²) in [6, 6.07) is 6.86. The van der Waals surface area contributed by atoms with Crippen LogP contribution in [0.3, 0.4) is 0 Å². The van der Waals surface area contributed by atoms with E-state index in [1.165, 1.54) is 6.07 Å². The summed E-state index contributed by atoms with van der Waals surface area (Å²) in [4.78, 5) is 0. The Labute approximate surface area is 98.2 Å². The lowest BCUT2D eigenvalue weighted by atomic mass is 10.0. The van der Waals surface area contributed by atoms with Gasteiger partial charge in [-0.25, -0.2) is 4.39 Å². The minimum absolute atomic E-state index is 0.254. The van der Waals surface area contributed by atoms with E-state index in [1.807, 2.05) is 19.9 Å². The molecule has 0 saturated heterocycles. The first kappa shape index (κ1) is 11.0. The van der Waals surface area contributed by atoms with Gasteiger partial charge in [-0.3, -0.25) is 5.10 Å². The molecule has 2 aromatic rings. The lowest BCUT2D eigenvalue weighted by molar-refractivity contribution is 0.628. The Kier molecular flexibility index (Phi) is 2.83. The second kappa shape index (κ2) is 4.14. The molecule has 0 aliphatic carbocycles. The number of rotatable bonds is 1. The van der Waals surface area contributed by atoms with Gasteiger partial charge in [-0.2, -0.15) is 5.10 Å². The first-order chi connectivity index (χ1) is 7.58. The molecule has 2 rings (SSSR count). The van der Waals surface area contributed by atoms with Crippen LogP contribution in [0, 0.1) is 24.3 Å². The quantitative estimate of drug-likeness (QED) is 0.764. The summed E-state index contributed by atoms with van der Waals surface area (Å²) in [6.45, 7) is 3.74. The van der Waals surface area contributed by atoms with Gasteiger partial charge >= 0.3 is 0 Å². The summed E-state index contributed by atoms with van der Waals surface area (Å²) >= 11 is 4.90. The number of benzene rings is 1. The average molecular weight is 234 g/mol. The highest BCUT2D eigenvalue weighted by atomic mass is 32.1. The van der Waals surface area contributed by atoms with Gasteiger partial charge in [0.2, 0.25) is 0 Å². The van der Waals surface area contributed by atoms with Gasteiger partial charge in [-0.15, -0.1) is 0 Å². The number of halogens is 1. The Morgan fingerprint density at radius 2 is 2.00 bits per heavy atom.